The van der Waals surface area contributed by atoms with Gasteiger partial charge in [-0.25, -0.2) is 13.4 Å². The molecule has 1 heterocycles. The Hall–Kier alpha value is -1.64. The predicted molar refractivity (Wildman–Crippen MR) is 118 cm³/mol. The highest BCUT2D eigenvalue weighted by molar-refractivity contribution is 7.88. The second-order valence-corrected chi connectivity index (χ2v) is 9.19. The van der Waals surface area contributed by atoms with Gasteiger partial charge in [-0.15, -0.1) is 0 Å². The number of sulfonamides is 1. The van der Waals surface area contributed by atoms with Gasteiger partial charge in [0.2, 0.25) is 10.0 Å². The maximum atomic E-state index is 12.8. The second kappa shape index (κ2) is 12.8. The van der Waals surface area contributed by atoms with Crippen molar-refractivity contribution in [3.05, 3.63) is 35.4 Å². The predicted octanol–water partition coefficient (Wildman–Crippen LogP) is 2.48. The minimum absolute atomic E-state index is 0.000318. The molecule has 7 nitrogen and oxygen atoms in total. The second-order valence-electron chi connectivity index (χ2n) is 7.22. The van der Waals surface area contributed by atoms with E-state index in [1.807, 2.05) is 31.2 Å². The number of nitrogens with zero attached hydrogens (tertiary/aromatic N) is 2. The Morgan fingerprint density at radius 1 is 1.07 bits per heavy atom. The quantitative estimate of drug-likeness (QED) is 0.324. The van der Waals surface area contributed by atoms with E-state index in [1.54, 1.807) is 0 Å². The van der Waals surface area contributed by atoms with Crippen molar-refractivity contribution in [2.45, 2.75) is 51.8 Å². The number of guanidine groups is 1. The van der Waals surface area contributed by atoms with Gasteiger partial charge in [0.25, 0.3) is 0 Å². The zero-order chi connectivity index (χ0) is 21.0. The van der Waals surface area contributed by atoms with Crippen LogP contribution < -0.4 is 10.6 Å². The molecule has 0 aromatic heterocycles. The molecular formula is C21H36N4O3S. The summed E-state index contributed by atoms with van der Waals surface area (Å²) in [5.74, 6) is 0.773. The van der Waals surface area contributed by atoms with Gasteiger partial charge in [0.05, 0.1) is 25.5 Å². The van der Waals surface area contributed by atoms with Crippen molar-refractivity contribution < 1.29 is 13.2 Å². The van der Waals surface area contributed by atoms with Crippen LogP contribution in [0.4, 0.5) is 0 Å². The highest BCUT2D eigenvalue weighted by atomic mass is 32.2. The molecule has 1 aromatic carbocycles. The summed E-state index contributed by atoms with van der Waals surface area (Å²) in [6.07, 6.45) is 4.80. The number of morpholine rings is 1. The van der Waals surface area contributed by atoms with E-state index in [-0.39, 0.29) is 5.75 Å². The maximum Gasteiger partial charge on any atom is 0.218 e. The van der Waals surface area contributed by atoms with E-state index >= 15 is 0 Å². The Morgan fingerprint density at radius 2 is 1.79 bits per heavy atom. The van der Waals surface area contributed by atoms with E-state index < -0.39 is 10.0 Å². The Kier molecular flexibility index (Phi) is 10.5. The molecule has 0 saturated carbocycles. The fraction of sp³-hybridized carbons (Fsp3) is 0.667. The van der Waals surface area contributed by atoms with Gasteiger partial charge in [-0.05, 0) is 24.5 Å². The SMILES string of the molecule is CCCCCCNC(=NCc1ccccc1CS(=O)(=O)N1CCOCC1)NCC. The van der Waals surface area contributed by atoms with Crippen LogP contribution in [0.5, 0.6) is 0 Å². The van der Waals surface area contributed by atoms with E-state index in [0.29, 0.717) is 32.8 Å². The number of hydrogen-bond acceptors (Lipinski definition) is 4. The van der Waals surface area contributed by atoms with Gasteiger partial charge in [0.1, 0.15) is 0 Å². The summed E-state index contributed by atoms with van der Waals surface area (Å²) >= 11 is 0. The van der Waals surface area contributed by atoms with E-state index in [0.717, 1.165) is 36.6 Å². The first-order valence-electron chi connectivity index (χ1n) is 10.7. The molecule has 0 atom stereocenters. The first kappa shape index (κ1) is 23.6. The molecule has 0 amide bonds. The number of rotatable bonds is 11. The molecule has 29 heavy (non-hydrogen) atoms. The van der Waals surface area contributed by atoms with Crippen LogP contribution in [-0.2, 0) is 27.1 Å². The summed E-state index contributed by atoms with van der Waals surface area (Å²) in [5, 5.41) is 6.63. The van der Waals surface area contributed by atoms with Crippen LogP contribution in [0.1, 0.15) is 50.7 Å². The van der Waals surface area contributed by atoms with Crippen molar-refractivity contribution in [2.24, 2.45) is 4.99 Å². The van der Waals surface area contributed by atoms with Gasteiger partial charge >= 0.3 is 0 Å². The Morgan fingerprint density at radius 3 is 2.48 bits per heavy atom. The van der Waals surface area contributed by atoms with Crippen LogP contribution in [-0.4, -0.2) is 58.1 Å². The molecule has 1 fully saturated rings. The summed E-state index contributed by atoms with van der Waals surface area (Å²) in [7, 11) is -3.36. The normalized spacial score (nSPS) is 16.0. The molecule has 0 bridgehead atoms. The van der Waals surface area contributed by atoms with Crippen LogP contribution in [0.15, 0.2) is 29.3 Å². The molecule has 1 aromatic rings. The summed E-state index contributed by atoms with van der Waals surface area (Å²) in [6.45, 7) is 8.13. The van der Waals surface area contributed by atoms with Crippen molar-refractivity contribution in [3.63, 3.8) is 0 Å². The molecule has 0 spiro atoms. The molecular weight excluding hydrogens is 388 g/mol. The van der Waals surface area contributed by atoms with Crippen molar-refractivity contribution in [1.29, 1.82) is 0 Å². The average Bonchev–Trinajstić information content (AvgIpc) is 2.73. The van der Waals surface area contributed by atoms with Crippen LogP contribution in [0.2, 0.25) is 0 Å². The molecule has 164 valence electrons. The number of aliphatic imine (C=N–C) groups is 1. The van der Waals surface area contributed by atoms with Crippen molar-refractivity contribution in [2.75, 3.05) is 39.4 Å². The van der Waals surface area contributed by atoms with E-state index in [1.165, 1.54) is 23.6 Å². The molecule has 0 radical (unpaired) electrons. The zero-order valence-electron chi connectivity index (χ0n) is 17.8. The third-order valence-electron chi connectivity index (χ3n) is 4.89. The minimum atomic E-state index is -3.36. The third-order valence-corrected chi connectivity index (χ3v) is 6.72. The van der Waals surface area contributed by atoms with Gasteiger partial charge in [-0.1, -0.05) is 50.5 Å². The number of nitrogens with one attached hydrogen (secondary N) is 2. The molecule has 0 aliphatic carbocycles. The molecule has 1 aliphatic heterocycles. The monoisotopic (exact) mass is 424 g/mol. The average molecular weight is 425 g/mol. The van der Waals surface area contributed by atoms with E-state index in [4.69, 9.17) is 4.74 Å². The lowest BCUT2D eigenvalue weighted by Gasteiger charge is -2.26. The van der Waals surface area contributed by atoms with Gasteiger partial charge in [0.15, 0.2) is 5.96 Å². The third kappa shape index (κ3) is 8.32. The van der Waals surface area contributed by atoms with Crippen LogP contribution in [0, 0.1) is 0 Å². The van der Waals surface area contributed by atoms with Gasteiger partial charge in [-0.3, -0.25) is 0 Å². The van der Waals surface area contributed by atoms with E-state index in [9.17, 15) is 8.42 Å². The van der Waals surface area contributed by atoms with Crippen LogP contribution >= 0.6 is 0 Å². The Labute approximate surface area is 176 Å². The first-order valence-corrected chi connectivity index (χ1v) is 12.3. The molecule has 2 rings (SSSR count). The molecule has 0 unspecified atom stereocenters. The number of benzene rings is 1. The lowest BCUT2D eigenvalue weighted by molar-refractivity contribution is 0.0729. The number of unbranched alkanes of at least 4 members (excludes halogenated alkanes) is 3. The van der Waals surface area contributed by atoms with Crippen molar-refractivity contribution in [3.8, 4) is 0 Å². The Balaban J connectivity index is 2.01. The minimum Gasteiger partial charge on any atom is -0.379 e. The molecule has 1 saturated heterocycles. The summed E-state index contributed by atoms with van der Waals surface area (Å²) < 4.78 is 32.4. The van der Waals surface area contributed by atoms with Gasteiger partial charge < -0.3 is 15.4 Å². The molecule has 1 aliphatic rings. The maximum absolute atomic E-state index is 12.8. The molecule has 2 N–H and O–H groups in total. The van der Waals surface area contributed by atoms with Crippen LogP contribution in [0.3, 0.4) is 0 Å². The zero-order valence-corrected chi connectivity index (χ0v) is 18.6. The highest BCUT2D eigenvalue weighted by Crippen LogP contribution is 2.17. The summed E-state index contributed by atoms with van der Waals surface area (Å²) in [6, 6.07) is 7.65. The van der Waals surface area contributed by atoms with Crippen LogP contribution in [0.25, 0.3) is 0 Å². The topological polar surface area (TPSA) is 83.0 Å². The Bertz CT molecular complexity index is 731. The smallest absolute Gasteiger partial charge is 0.218 e. The standard InChI is InChI=1S/C21H36N4O3S/c1-3-5-6-9-12-23-21(22-4-2)24-17-19-10-7-8-11-20(19)18-29(26,27)25-13-15-28-16-14-25/h7-8,10-11H,3-6,9,12-18H2,1-2H3,(H2,22,23,24). The van der Waals surface area contributed by atoms with E-state index in [2.05, 4.69) is 22.5 Å². The van der Waals surface area contributed by atoms with Crippen molar-refractivity contribution >= 4 is 16.0 Å². The fourth-order valence-corrected chi connectivity index (χ4v) is 4.79. The molecule has 8 heteroatoms. The summed E-state index contributed by atoms with van der Waals surface area (Å²) in [4.78, 5) is 4.67. The number of ether oxygens (including phenoxy) is 1. The van der Waals surface area contributed by atoms with Gasteiger partial charge in [0, 0.05) is 26.2 Å². The lowest BCUT2D eigenvalue weighted by Crippen LogP contribution is -2.41. The summed E-state index contributed by atoms with van der Waals surface area (Å²) in [5.41, 5.74) is 1.74. The highest BCUT2D eigenvalue weighted by Gasteiger charge is 2.25. The number of hydrogen-bond donors (Lipinski definition) is 2. The van der Waals surface area contributed by atoms with Crippen molar-refractivity contribution in [1.82, 2.24) is 14.9 Å². The lowest BCUT2D eigenvalue weighted by atomic mass is 10.1. The first-order chi connectivity index (χ1) is 14.1. The largest absolute Gasteiger partial charge is 0.379 e. The van der Waals surface area contributed by atoms with Gasteiger partial charge in [-0.2, -0.15) is 4.31 Å². The fourth-order valence-electron chi connectivity index (χ4n) is 3.23.